The highest BCUT2D eigenvalue weighted by Crippen LogP contribution is 2.27. The van der Waals surface area contributed by atoms with Gasteiger partial charge in [0.25, 0.3) is 0 Å². The lowest BCUT2D eigenvalue weighted by Gasteiger charge is -2.04. The van der Waals surface area contributed by atoms with Crippen molar-refractivity contribution in [3.63, 3.8) is 0 Å². The van der Waals surface area contributed by atoms with Gasteiger partial charge in [-0.15, -0.1) is 0 Å². The van der Waals surface area contributed by atoms with E-state index >= 15 is 0 Å². The molecule has 1 heterocycles. The molecule has 0 unspecified atom stereocenters. The molecule has 1 aromatic heterocycles. The van der Waals surface area contributed by atoms with Gasteiger partial charge in [-0.1, -0.05) is 11.8 Å². The molecular formula is C13H14N2OS. The van der Waals surface area contributed by atoms with Crippen molar-refractivity contribution in [2.24, 2.45) is 5.73 Å². The molecule has 0 radical (unpaired) electrons. The molecule has 0 bridgehead atoms. The van der Waals surface area contributed by atoms with Crippen LogP contribution in [0.3, 0.4) is 0 Å². The van der Waals surface area contributed by atoms with E-state index in [1.165, 1.54) is 0 Å². The van der Waals surface area contributed by atoms with Crippen LogP contribution in [0.25, 0.3) is 0 Å². The molecule has 0 aliphatic carbocycles. The minimum absolute atomic E-state index is 0.540. The minimum Gasteiger partial charge on any atom is -0.497 e. The molecule has 0 aliphatic heterocycles. The lowest BCUT2D eigenvalue weighted by Crippen LogP contribution is -1.96. The summed E-state index contributed by atoms with van der Waals surface area (Å²) in [4.78, 5) is 5.43. The van der Waals surface area contributed by atoms with Crippen molar-refractivity contribution in [1.82, 2.24) is 4.98 Å². The van der Waals surface area contributed by atoms with Crippen LogP contribution in [0.15, 0.2) is 52.5 Å². The average Bonchev–Trinajstić information content (AvgIpc) is 2.40. The van der Waals surface area contributed by atoms with Crippen molar-refractivity contribution in [3.8, 4) is 5.75 Å². The molecule has 2 aromatic rings. The standard InChI is InChI=1S/C13H14N2OS/c1-16-11-2-4-12(5-3-11)17-13-8-10(9-14)6-7-15-13/h2-8H,9,14H2,1H3. The number of pyridine rings is 1. The van der Waals surface area contributed by atoms with E-state index in [0.717, 1.165) is 21.2 Å². The van der Waals surface area contributed by atoms with E-state index < -0.39 is 0 Å². The number of aromatic nitrogens is 1. The Balaban J connectivity index is 2.13. The van der Waals surface area contributed by atoms with Crippen molar-refractivity contribution >= 4 is 11.8 Å². The summed E-state index contributed by atoms with van der Waals surface area (Å²) >= 11 is 1.61. The molecule has 0 spiro atoms. The van der Waals surface area contributed by atoms with E-state index in [1.54, 1.807) is 25.1 Å². The average molecular weight is 246 g/mol. The lowest BCUT2D eigenvalue weighted by molar-refractivity contribution is 0.414. The second-order valence-electron chi connectivity index (χ2n) is 3.48. The summed E-state index contributed by atoms with van der Waals surface area (Å²) in [5.74, 6) is 0.859. The van der Waals surface area contributed by atoms with Crippen LogP contribution in [-0.2, 0) is 6.54 Å². The van der Waals surface area contributed by atoms with Crippen molar-refractivity contribution in [2.75, 3.05) is 7.11 Å². The van der Waals surface area contributed by atoms with Crippen LogP contribution in [0.1, 0.15) is 5.56 Å². The Labute approximate surface area is 105 Å². The Kier molecular flexibility index (Phi) is 4.01. The molecule has 0 saturated carbocycles. The van der Waals surface area contributed by atoms with Gasteiger partial charge in [0.2, 0.25) is 0 Å². The van der Waals surface area contributed by atoms with E-state index in [9.17, 15) is 0 Å². The van der Waals surface area contributed by atoms with E-state index in [1.807, 2.05) is 36.4 Å². The van der Waals surface area contributed by atoms with E-state index in [-0.39, 0.29) is 0 Å². The molecule has 88 valence electrons. The molecule has 0 fully saturated rings. The van der Waals surface area contributed by atoms with Gasteiger partial charge in [0.05, 0.1) is 7.11 Å². The van der Waals surface area contributed by atoms with Crippen LogP contribution in [0.2, 0.25) is 0 Å². The third-order valence-electron chi connectivity index (χ3n) is 2.32. The van der Waals surface area contributed by atoms with Gasteiger partial charge in [-0.2, -0.15) is 0 Å². The largest absolute Gasteiger partial charge is 0.497 e. The number of hydrogen-bond acceptors (Lipinski definition) is 4. The Morgan fingerprint density at radius 1 is 1.24 bits per heavy atom. The summed E-state index contributed by atoms with van der Waals surface area (Å²) in [6.07, 6.45) is 1.79. The maximum atomic E-state index is 5.60. The van der Waals surface area contributed by atoms with E-state index in [0.29, 0.717) is 6.54 Å². The van der Waals surface area contributed by atoms with Crippen LogP contribution in [0, 0.1) is 0 Å². The predicted molar refractivity (Wildman–Crippen MR) is 69.2 cm³/mol. The molecule has 4 heteroatoms. The van der Waals surface area contributed by atoms with Gasteiger partial charge in [0.15, 0.2) is 0 Å². The summed E-state index contributed by atoms with van der Waals surface area (Å²) in [6.45, 7) is 0.540. The smallest absolute Gasteiger partial charge is 0.118 e. The van der Waals surface area contributed by atoms with Crippen LogP contribution in [0.4, 0.5) is 0 Å². The van der Waals surface area contributed by atoms with Crippen molar-refractivity contribution in [3.05, 3.63) is 48.2 Å². The summed E-state index contributed by atoms with van der Waals surface area (Å²) in [6, 6.07) is 11.8. The van der Waals surface area contributed by atoms with Gasteiger partial charge in [-0.25, -0.2) is 4.98 Å². The number of rotatable bonds is 4. The maximum Gasteiger partial charge on any atom is 0.118 e. The number of ether oxygens (including phenoxy) is 1. The molecule has 3 nitrogen and oxygen atoms in total. The molecule has 0 atom stereocenters. The van der Waals surface area contributed by atoms with E-state index in [4.69, 9.17) is 10.5 Å². The Bertz CT molecular complexity index is 485. The Morgan fingerprint density at radius 2 is 2.00 bits per heavy atom. The third kappa shape index (κ3) is 3.22. The predicted octanol–water partition coefficient (Wildman–Crippen LogP) is 2.70. The first-order valence-electron chi connectivity index (χ1n) is 5.28. The molecule has 0 saturated heterocycles. The highest BCUT2D eigenvalue weighted by Gasteiger charge is 2.00. The normalized spacial score (nSPS) is 10.2. The number of methoxy groups -OCH3 is 1. The van der Waals surface area contributed by atoms with Crippen LogP contribution in [-0.4, -0.2) is 12.1 Å². The number of nitrogens with two attached hydrogens (primary N) is 1. The second kappa shape index (κ2) is 5.70. The van der Waals surface area contributed by atoms with Crippen molar-refractivity contribution in [1.29, 1.82) is 0 Å². The SMILES string of the molecule is COc1ccc(Sc2cc(CN)ccn2)cc1. The molecule has 0 aliphatic rings. The highest BCUT2D eigenvalue weighted by atomic mass is 32.2. The monoisotopic (exact) mass is 246 g/mol. The topological polar surface area (TPSA) is 48.1 Å². The van der Waals surface area contributed by atoms with Gasteiger partial charge in [-0.3, -0.25) is 0 Å². The Hall–Kier alpha value is -1.52. The molecule has 0 amide bonds. The zero-order chi connectivity index (χ0) is 12.1. The van der Waals surface area contributed by atoms with Gasteiger partial charge >= 0.3 is 0 Å². The second-order valence-corrected chi connectivity index (χ2v) is 4.58. The number of nitrogens with zero attached hydrogens (tertiary/aromatic N) is 1. The van der Waals surface area contributed by atoms with Gasteiger partial charge < -0.3 is 10.5 Å². The summed E-state index contributed by atoms with van der Waals surface area (Å²) < 4.78 is 5.11. The highest BCUT2D eigenvalue weighted by molar-refractivity contribution is 7.99. The van der Waals surface area contributed by atoms with Gasteiger partial charge in [0.1, 0.15) is 10.8 Å². The summed E-state index contributed by atoms with van der Waals surface area (Å²) in [5, 5.41) is 0.957. The zero-order valence-corrected chi connectivity index (χ0v) is 10.4. The van der Waals surface area contributed by atoms with Crippen LogP contribution >= 0.6 is 11.8 Å². The quantitative estimate of drug-likeness (QED) is 0.901. The Morgan fingerprint density at radius 3 is 2.65 bits per heavy atom. The van der Waals surface area contributed by atoms with Crippen LogP contribution < -0.4 is 10.5 Å². The third-order valence-corrected chi connectivity index (χ3v) is 3.26. The molecule has 1 aromatic carbocycles. The van der Waals surface area contributed by atoms with Crippen molar-refractivity contribution in [2.45, 2.75) is 16.5 Å². The van der Waals surface area contributed by atoms with Crippen LogP contribution in [0.5, 0.6) is 5.75 Å². The summed E-state index contributed by atoms with van der Waals surface area (Å²) in [5.41, 5.74) is 6.69. The first-order chi connectivity index (χ1) is 8.31. The van der Waals surface area contributed by atoms with Gasteiger partial charge in [-0.05, 0) is 42.0 Å². The van der Waals surface area contributed by atoms with Crippen molar-refractivity contribution < 1.29 is 4.74 Å². The fraction of sp³-hybridized carbons (Fsp3) is 0.154. The lowest BCUT2D eigenvalue weighted by atomic mass is 10.3. The first-order valence-corrected chi connectivity index (χ1v) is 6.10. The number of benzene rings is 1. The first kappa shape index (κ1) is 12.0. The molecule has 2 rings (SSSR count). The fourth-order valence-corrected chi connectivity index (χ4v) is 2.24. The summed E-state index contributed by atoms with van der Waals surface area (Å²) in [7, 11) is 1.66. The number of hydrogen-bond donors (Lipinski definition) is 1. The molecule has 2 N–H and O–H groups in total. The maximum absolute atomic E-state index is 5.60. The minimum atomic E-state index is 0.540. The zero-order valence-electron chi connectivity index (χ0n) is 9.59. The van der Waals surface area contributed by atoms with E-state index in [2.05, 4.69) is 4.98 Å². The molecule has 17 heavy (non-hydrogen) atoms. The fourth-order valence-electron chi connectivity index (χ4n) is 1.40. The molecular weight excluding hydrogens is 232 g/mol. The van der Waals surface area contributed by atoms with Gasteiger partial charge in [0, 0.05) is 17.6 Å².